The van der Waals surface area contributed by atoms with Gasteiger partial charge in [-0.15, -0.1) is 0 Å². The van der Waals surface area contributed by atoms with Crippen LogP contribution in [0, 0.1) is 11.3 Å². The molecular weight excluding hydrogens is 226 g/mol. The number of ether oxygens (including phenoxy) is 1. The molecule has 108 valence electrons. The van der Waals surface area contributed by atoms with Gasteiger partial charge in [-0.25, -0.2) is 0 Å². The zero-order valence-electron chi connectivity index (χ0n) is 12.5. The summed E-state index contributed by atoms with van der Waals surface area (Å²) in [5.41, 5.74) is 0.264. The highest BCUT2D eigenvalue weighted by Crippen LogP contribution is 2.25. The van der Waals surface area contributed by atoms with Crippen LogP contribution in [0.15, 0.2) is 0 Å². The van der Waals surface area contributed by atoms with E-state index in [1.54, 1.807) is 0 Å². The number of aliphatic hydroxyl groups excluding tert-OH is 1. The zero-order valence-corrected chi connectivity index (χ0v) is 12.5. The van der Waals surface area contributed by atoms with Crippen LogP contribution in [0.1, 0.15) is 53.4 Å². The minimum absolute atomic E-state index is 0.264. The van der Waals surface area contributed by atoms with E-state index in [1.807, 2.05) is 0 Å². The van der Waals surface area contributed by atoms with Gasteiger partial charge in [0.2, 0.25) is 0 Å². The molecule has 0 aliphatic heterocycles. The molecular formula is C15H31NO2. The van der Waals surface area contributed by atoms with E-state index in [1.165, 1.54) is 12.8 Å². The summed E-state index contributed by atoms with van der Waals surface area (Å²) in [6.07, 6.45) is 4.84. The maximum absolute atomic E-state index is 9.84. The normalized spacial score (nSPS) is 27.2. The molecule has 1 aliphatic rings. The highest BCUT2D eigenvalue weighted by molar-refractivity contribution is 4.71. The van der Waals surface area contributed by atoms with Gasteiger partial charge in [-0.3, -0.25) is 0 Å². The molecule has 1 saturated carbocycles. The predicted molar refractivity (Wildman–Crippen MR) is 75.7 cm³/mol. The van der Waals surface area contributed by atoms with Gasteiger partial charge in [-0.05, 0) is 37.0 Å². The first kappa shape index (κ1) is 15.9. The molecule has 18 heavy (non-hydrogen) atoms. The van der Waals surface area contributed by atoms with Crippen molar-refractivity contribution in [2.75, 3.05) is 19.7 Å². The Balaban J connectivity index is 2.04. The van der Waals surface area contributed by atoms with Crippen LogP contribution in [0.4, 0.5) is 0 Å². The van der Waals surface area contributed by atoms with Crippen LogP contribution in [-0.2, 0) is 4.74 Å². The molecule has 1 unspecified atom stereocenters. The second-order valence-corrected chi connectivity index (χ2v) is 7.06. The minimum Gasteiger partial charge on any atom is -0.389 e. The largest absolute Gasteiger partial charge is 0.389 e. The number of rotatable bonds is 6. The summed E-state index contributed by atoms with van der Waals surface area (Å²) in [6, 6.07) is 0. The van der Waals surface area contributed by atoms with Gasteiger partial charge in [0.15, 0.2) is 0 Å². The van der Waals surface area contributed by atoms with E-state index in [0.717, 1.165) is 25.3 Å². The molecule has 0 saturated heterocycles. The lowest BCUT2D eigenvalue weighted by Crippen LogP contribution is -2.36. The van der Waals surface area contributed by atoms with Gasteiger partial charge < -0.3 is 15.2 Å². The fourth-order valence-electron chi connectivity index (χ4n) is 2.32. The van der Waals surface area contributed by atoms with Gasteiger partial charge in [-0.2, -0.15) is 0 Å². The fraction of sp³-hybridized carbons (Fsp3) is 1.00. The van der Waals surface area contributed by atoms with Crippen molar-refractivity contribution < 1.29 is 9.84 Å². The van der Waals surface area contributed by atoms with Crippen LogP contribution in [0.3, 0.4) is 0 Å². The first-order valence-corrected chi connectivity index (χ1v) is 7.37. The number of hydrogen-bond acceptors (Lipinski definition) is 3. The number of nitrogens with one attached hydrogen (secondary N) is 1. The first-order chi connectivity index (χ1) is 8.37. The molecule has 0 radical (unpaired) electrons. The van der Waals surface area contributed by atoms with Crippen molar-refractivity contribution in [1.82, 2.24) is 5.32 Å². The van der Waals surface area contributed by atoms with Gasteiger partial charge in [0.05, 0.1) is 18.8 Å². The standard InChI is InChI=1S/C15H31NO2/c1-12-5-7-14(8-6-12)18-10-13(17)9-16-11-15(2,3)4/h12-14,16-17H,5-11H2,1-4H3. The summed E-state index contributed by atoms with van der Waals surface area (Å²) in [5.74, 6) is 0.850. The molecule has 1 atom stereocenters. The summed E-state index contributed by atoms with van der Waals surface area (Å²) < 4.78 is 5.79. The van der Waals surface area contributed by atoms with Gasteiger partial charge in [0.1, 0.15) is 0 Å². The molecule has 0 spiro atoms. The quantitative estimate of drug-likeness (QED) is 0.768. The maximum Gasteiger partial charge on any atom is 0.0897 e. The van der Waals surface area contributed by atoms with Crippen LogP contribution >= 0.6 is 0 Å². The second kappa shape index (κ2) is 7.46. The van der Waals surface area contributed by atoms with Gasteiger partial charge in [0.25, 0.3) is 0 Å². The number of hydrogen-bond donors (Lipinski definition) is 2. The third-order valence-corrected chi connectivity index (χ3v) is 3.52. The highest BCUT2D eigenvalue weighted by Gasteiger charge is 2.19. The van der Waals surface area contributed by atoms with E-state index in [9.17, 15) is 5.11 Å². The van der Waals surface area contributed by atoms with Crippen LogP contribution in [-0.4, -0.2) is 37.0 Å². The smallest absolute Gasteiger partial charge is 0.0897 e. The molecule has 0 aromatic rings. The molecule has 0 aromatic carbocycles. The molecule has 0 amide bonds. The lowest BCUT2D eigenvalue weighted by molar-refractivity contribution is -0.0281. The Hall–Kier alpha value is -0.120. The molecule has 1 aliphatic carbocycles. The summed E-state index contributed by atoms with van der Waals surface area (Å²) in [5, 5.41) is 13.1. The van der Waals surface area contributed by atoms with E-state index in [4.69, 9.17) is 4.74 Å². The van der Waals surface area contributed by atoms with Gasteiger partial charge >= 0.3 is 0 Å². The Kier molecular flexibility index (Phi) is 6.61. The maximum atomic E-state index is 9.84. The molecule has 0 aromatic heterocycles. The molecule has 3 nitrogen and oxygen atoms in total. The summed E-state index contributed by atoms with van der Waals surface area (Å²) in [7, 11) is 0. The lowest BCUT2D eigenvalue weighted by Gasteiger charge is -2.27. The highest BCUT2D eigenvalue weighted by atomic mass is 16.5. The average molecular weight is 257 g/mol. The molecule has 1 rings (SSSR count). The molecule has 0 bridgehead atoms. The van der Waals surface area contributed by atoms with Crippen molar-refractivity contribution in [1.29, 1.82) is 0 Å². The van der Waals surface area contributed by atoms with E-state index in [2.05, 4.69) is 33.0 Å². The molecule has 2 N–H and O–H groups in total. The van der Waals surface area contributed by atoms with Crippen LogP contribution < -0.4 is 5.32 Å². The Morgan fingerprint density at radius 2 is 1.83 bits per heavy atom. The molecule has 0 heterocycles. The van der Waals surface area contributed by atoms with E-state index < -0.39 is 0 Å². The third-order valence-electron chi connectivity index (χ3n) is 3.52. The van der Waals surface area contributed by atoms with E-state index in [0.29, 0.717) is 19.3 Å². The van der Waals surface area contributed by atoms with Gasteiger partial charge in [-0.1, -0.05) is 27.7 Å². The van der Waals surface area contributed by atoms with Crippen LogP contribution in [0.2, 0.25) is 0 Å². The van der Waals surface area contributed by atoms with Crippen LogP contribution in [0.5, 0.6) is 0 Å². The fourth-order valence-corrected chi connectivity index (χ4v) is 2.32. The summed E-state index contributed by atoms with van der Waals surface area (Å²) in [4.78, 5) is 0. The summed E-state index contributed by atoms with van der Waals surface area (Å²) in [6.45, 7) is 10.9. The van der Waals surface area contributed by atoms with Crippen molar-refractivity contribution in [3.05, 3.63) is 0 Å². The SMILES string of the molecule is CC1CCC(OCC(O)CNCC(C)(C)C)CC1. The summed E-state index contributed by atoms with van der Waals surface area (Å²) >= 11 is 0. The van der Waals surface area contributed by atoms with E-state index >= 15 is 0 Å². The van der Waals surface area contributed by atoms with Crippen molar-refractivity contribution >= 4 is 0 Å². The molecule has 1 fully saturated rings. The van der Waals surface area contributed by atoms with Crippen molar-refractivity contribution in [3.8, 4) is 0 Å². The third kappa shape index (κ3) is 7.34. The average Bonchev–Trinajstić information content (AvgIpc) is 2.26. The second-order valence-electron chi connectivity index (χ2n) is 7.06. The Labute approximate surface area is 112 Å². The van der Waals surface area contributed by atoms with Crippen molar-refractivity contribution in [2.45, 2.75) is 65.6 Å². The Morgan fingerprint density at radius 3 is 2.39 bits per heavy atom. The molecule has 3 heteroatoms. The van der Waals surface area contributed by atoms with E-state index in [-0.39, 0.29) is 11.5 Å². The Bertz CT molecular complexity index is 217. The topological polar surface area (TPSA) is 41.5 Å². The van der Waals surface area contributed by atoms with Crippen molar-refractivity contribution in [2.24, 2.45) is 11.3 Å². The first-order valence-electron chi connectivity index (χ1n) is 7.37. The minimum atomic E-state index is -0.383. The monoisotopic (exact) mass is 257 g/mol. The van der Waals surface area contributed by atoms with Crippen molar-refractivity contribution in [3.63, 3.8) is 0 Å². The predicted octanol–water partition coefficient (Wildman–Crippen LogP) is 2.58. The Morgan fingerprint density at radius 1 is 1.22 bits per heavy atom. The number of aliphatic hydroxyl groups is 1. The van der Waals surface area contributed by atoms with Crippen LogP contribution in [0.25, 0.3) is 0 Å². The van der Waals surface area contributed by atoms with Gasteiger partial charge in [0, 0.05) is 13.1 Å². The zero-order chi connectivity index (χ0) is 13.6. The lowest BCUT2D eigenvalue weighted by atomic mass is 9.89.